The number of aromatic nitrogens is 3. The van der Waals surface area contributed by atoms with Gasteiger partial charge in [-0.25, -0.2) is 9.37 Å². The number of benzene rings is 2. The molecular formula is C23H20FN5O5. The first-order valence-electron chi connectivity index (χ1n) is 10.5. The summed E-state index contributed by atoms with van der Waals surface area (Å²) < 4.78 is 26.4. The molecule has 0 fully saturated rings. The molecule has 0 saturated heterocycles. The summed E-state index contributed by atoms with van der Waals surface area (Å²) in [6.45, 7) is 0.598. The minimum atomic E-state index is -0.482. The minimum Gasteiger partial charge on any atom is -0.493 e. The summed E-state index contributed by atoms with van der Waals surface area (Å²) in [6, 6.07) is 7.30. The van der Waals surface area contributed by atoms with Crippen LogP contribution in [-0.2, 0) is 24.3 Å². The molecule has 3 N–H and O–H groups in total. The third kappa shape index (κ3) is 3.97. The molecule has 0 unspecified atom stereocenters. The lowest BCUT2D eigenvalue weighted by Crippen LogP contribution is -2.25. The number of hydrogen-bond donors (Lipinski definition) is 3. The maximum atomic E-state index is 14.2. The second-order valence-corrected chi connectivity index (χ2v) is 7.83. The monoisotopic (exact) mass is 465 g/mol. The Morgan fingerprint density at radius 1 is 1.32 bits per heavy atom. The molecule has 2 aromatic heterocycles. The van der Waals surface area contributed by atoms with E-state index in [9.17, 15) is 19.2 Å². The van der Waals surface area contributed by atoms with Gasteiger partial charge in [-0.1, -0.05) is 0 Å². The highest BCUT2D eigenvalue weighted by Crippen LogP contribution is 2.40. The first-order valence-corrected chi connectivity index (χ1v) is 10.5. The fraction of sp³-hybridized carbons (Fsp3) is 0.217. The molecule has 4 aromatic rings. The van der Waals surface area contributed by atoms with Crippen LogP contribution in [0.3, 0.4) is 0 Å². The van der Waals surface area contributed by atoms with E-state index in [1.54, 1.807) is 30.7 Å². The van der Waals surface area contributed by atoms with E-state index in [-0.39, 0.29) is 37.4 Å². The van der Waals surface area contributed by atoms with E-state index < -0.39 is 5.82 Å². The van der Waals surface area contributed by atoms with E-state index in [4.69, 9.17) is 9.47 Å². The number of carbonyl (C=O) groups excluding carboxylic acids is 1. The highest BCUT2D eigenvalue weighted by molar-refractivity contribution is 6.02. The molecule has 0 bridgehead atoms. The van der Waals surface area contributed by atoms with Gasteiger partial charge in [-0.3, -0.25) is 4.79 Å². The van der Waals surface area contributed by atoms with Crippen molar-refractivity contribution >= 4 is 22.5 Å². The maximum absolute atomic E-state index is 14.2. The molecule has 2 aromatic carbocycles. The number of amides is 1. The third-order valence-electron chi connectivity index (χ3n) is 5.68. The van der Waals surface area contributed by atoms with Crippen molar-refractivity contribution in [3.63, 3.8) is 0 Å². The SMILES string of the molecule is O=Nc1c(O)n(Cc2cc(F)cc3c2OCOC3)c2cc(C(=O)NCCc3cnc[nH]3)ccc12. The number of aromatic hydroxyl groups is 1. The molecule has 11 heteroatoms. The van der Waals surface area contributed by atoms with Crippen molar-refractivity contribution < 1.29 is 23.8 Å². The Morgan fingerprint density at radius 3 is 3.00 bits per heavy atom. The molecule has 1 aliphatic rings. The Bertz CT molecular complexity index is 1380. The first-order chi connectivity index (χ1) is 16.5. The van der Waals surface area contributed by atoms with Gasteiger partial charge in [0.05, 0.1) is 25.0 Å². The summed E-state index contributed by atoms with van der Waals surface area (Å²) in [5, 5.41) is 16.9. The van der Waals surface area contributed by atoms with Crippen LogP contribution in [0.15, 0.2) is 48.0 Å². The lowest BCUT2D eigenvalue weighted by Gasteiger charge is -2.21. The Labute approximate surface area is 192 Å². The number of rotatable bonds is 7. The summed E-state index contributed by atoms with van der Waals surface area (Å²) in [4.78, 5) is 31.1. The number of nitrogens with zero attached hydrogens (tertiary/aromatic N) is 3. The Hall–Kier alpha value is -4.25. The van der Waals surface area contributed by atoms with Gasteiger partial charge in [0.25, 0.3) is 5.91 Å². The number of ether oxygens (including phenoxy) is 2. The van der Waals surface area contributed by atoms with Crippen molar-refractivity contribution in [3.05, 3.63) is 76.0 Å². The second-order valence-electron chi connectivity index (χ2n) is 7.83. The third-order valence-corrected chi connectivity index (χ3v) is 5.68. The number of H-pyrrole nitrogens is 1. The summed E-state index contributed by atoms with van der Waals surface area (Å²) in [7, 11) is 0. The summed E-state index contributed by atoms with van der Waals surface area (Å²) in [5.41, 5.74) is 2.47. The zero-order chi connectivity index (χ0) is 23.7. The predicted octanol–water partition coefficient (Wildman–Crippen LogP) is 3.49. The van der Waals surface area contributed by atoms with Crippen LogP contribution < -0.4 is 10.1 Å². The Morgan fingerprint density at radius 2 is 2.21 bits per heavy atom. The fourth-order valence-electron chi connectivity index (χ4n) is 4.09. The number of carbonyl (C=O) groups is 1. The van der Waals surface area contributed by atoms with Crippen LogP contribution in [0.2, 0.25) is 0 Å². The Kier molecular flexibility index (Phi) is 5.68. The summed E-state index contributed by atoms with van der Waals surface area (Å²) >= 11 is 0. The van der Waals surface area contributed by atoms with Gasteiger partial charge in [-0.15, -0.1) is 4.91 Å². The van der Waals surface area contributed by atoms with Crippen LogP contribution in [0.1, 0.15) is 27.2 Å². The average Bonchev–Trinajstić information content (AvgIpc) is 3.45. The molecule has 10 nitrogen and oxygen atoms in total. The normalized spacial score (nSPS) is 12.9. The standard InChI is InChI=1S/C23H20FN5O5/c24-16-5-14(21-15(6-16)10-33-12-34-21)9-29-19-7-13(1-2-18(19)20(28-32)23(29)31)22(30)26-4-3-17-8-25-11-27-17/h1-2,5-8,11,31H,3-4,9-10,12H2,(H,25,27)(H,26,30). The van der Waals surface area contributed by atoms with Crippen molar-refractivity contribution in [1.82, 2.24) is 19.9 Å². The quantitative estimate of drug-likeness (QED) is 0.358. The second kappa shape index (κ2) is 8.94. The van der Waals surface area contributed by atoms with Gasteiger partial charge >= 0.3 is 0 Å². The van der Waals surface area contributed by atoms with Gasteiger partial charge in [0.2, 0.25) is 5.88 Å². The van der Waals surface area contributed by atoms with Crippen LogP contribution >= 0.6 is 0 Å². The molecule has 0 saturated carbocycles. The summed E-state index contributed by atoms with van der Waals surface area (Å²) in [5.74, 6) is -0.725. The molecule has 3 heterocycles. The topological polar surface area (TPSA) is 131 Å². The fourth-order valence-corrected chi connectivity index (χ4v) is 4.09. The average molecular weight is 465 g/mol. The zero-order valence-corrected chi connectivity index (χ0v) is 17.9. The molecule has 1 amide bonds. The van der Waals surface area contributed by atoms with Crippen molar-refractivity contribution in [2.24, 2.45) is 5.18 Å². The van der Waals surface area contributed by atoms with Gasteiger partial charge in [0, 0.05) is 46.9 Å². The molecular weight excluding hydrogens is 445 g/mol. The van der Waals surface area contributed by atoms with Gasteiger partial charge in [-0.05, 0) is 35.5 Å². The molecule has 5 rings (SSSR count). The van der Waals surface area contributed by atoms with Crippen molar-refractivity contribution in [3.8, 4) is 11.6 Å². The Balaban J connectivity index is 1.48. The van der Waals surface area contributed by atoms with Crippen LogP contribution in [0, 0.1) is 10.7 Å². The van der Waals surface area contributed by atoms with E-state index in [2.05, 4.69) is 20.5 Å². The highest BCUT2D eigenvalue weighted by Gasteiger charge is 2.23. The van der Waals surface area contributed by atoms with Crippen molar-refractivity contribution in [2.45, 2.75) is 19.6 Å². The van der Waals surface area contributed by atoms with Crippen molar-refractivity contribution in [2.75, 3.05) is 13.3 Å². The van der Waals surface area contributed by atoms with E-state index in [0.717, 1.165) is 5.69 Å². The number of aromatic amines is 1. The first kappa shape index (κ1) is 21.6. The zero-order valence-electron chi connectivity index (χ0n) is 17.9. The molecule has 174 valence electrons. The van der Waals surface area contributed by atoms with Gasteiger partial charge in [0.15, 0.2) is 12.5 Å². The summed E-state index contributed by atoms with van der Waals surface area (Å²) in [6.07, 6.45) is 3.83. The lowest BCUT2D eigenvalue weighted by molar-refractivity contribution is -0.0173. The maximum Gasteiger partial charge on any atom is 0.251 e. The van der Waals surface area contributed by atoms with E-state index >= 15 is 0 Å². The van der Waals surface area contributed by atoms with Gasteiger partial charge in [-0.2, -0.15) is 0 Å². The predicted molar refractivity (Wildman–Crippen MR) is 119 cm³/mol. The van der Waals surface area contributed by atoms with E-state index in [1.165, 1.54) is 16.7 Å². The smallest absolute Gasteiger partial charge is 0.251 e. The lowest BCUT2D eigenvalue weighted by atomic mass is 10.1. The number of fused-ring (bicyclic) bond motifs is 2. The minimum absolute atomic E-state index is 0.0111. The molecule has 0 aliphatic carbocycles. The molecule has 34 heavy (non-hydrogen) atoms. The van der Waals surface area contributed by atoms with Gasteiger partial charge < -0.3 is 29.4 Å². The molecule has 0 spiro atoms. The van der Waals surface area contributed by atoms with Crippen LogP contribution in [0.25, 0.3) is 10.9 Å². The van der Waals surface area contributed by atoms with Crippen LogP contribution in [0.4, 0.5) is 10.1 Å². The molecule has 1 aliphatic heterocycles. The molecule has 0 atom stereocenters. The number of nitrogens with one attached hydrogen (secondary N) is 2. The number of hydrogen-bond acceptors (Lipinski definition) is 7. The number of imidazole rings is 1. The van der Waals surface area contributed by atoms with Gasteiger partial charge in [0.1, 0.15) is 11.6 Å². The largest absolute Gasteiger partial charge is 0.493 e. The van der Waals surface area contributed by atoms with Crippen molar-refractivity contribution in [1.29, 1.82) is 0 Å². The van der Waals surface area contributed by atoms with E-state index in [1.807, 2.05) is 0 Å². The number of halogens is 1. The van der Waals surface area contributed by atoms with E-state index in [0.29, 0.717) is 46.3 Å². The van der Waals surface area contributed by atoms with Crippen LogP contribution in [-0.4, -0.2) is 38.9 Å². The molecule has 0 radical (unpaired) electrons. The van der Waals surface area contributed by atoms with Crippen LogP contribution in [0.5, 0.6) is 11.6 Å². The number of nitroso groups, excluding NO2 is 1. The highest BCUT2D eigenvalue weighted by atomic mass is 19.1.